The van der Waals surface area contributed by atoms with Gasteiger partial charge in [0.05, 0.1) is 30.5 Å². The summed E-state index contributed by atoms with van der Waals surface area (Å²) in [6.45, 7) is 4.35. The molecule has 1 aromatic carbocycles. The van der Waals surface area contributed by atoms with Crippen LogP contribution in [0.25, 0.3) is 11.0 Å². The highest BCUT2D eigenvalue weighted by Gasteiger charge is 2.13. The molecule has 0 spiro atoms. The minimum atomic E-state index is 0.0242. The second-order valence-electron chi connectivity index (χ2n) is 6.64. The zero-order valence-corrected chi connectivity index (χ0v) is 19.5. The number of nitrogens with zero attached hydrogens (tertiary/aromatic N) is 4. The number of nitrogens with one attached hydrogen (secondary N) is 2. The standard InChI is InChI=1S/C21H28N6O2S2/c1-3-31-21-25-19(23-10-12-29-2)17-13-24-27(20(17)26-21)11-9-22-18(28)15-30-14-16-7-5-4-6-8-16/h4-8,13H,3,9-12,14-15H2,1-2H3,(H,22,28)(H,23,25,26). The van der Waals surface area contributed by atoms with Crippen LogP contribution in [0.15, 0.2) is 41.7 Å². The summed E-state index contributed by atoms with van der Waals surface area (Å²) in [6.07, 6.45) is 1.77. The normalized spacial score (nSPS) is 11.0. The van der Waals surface area contributed by atoms with Gasteiger partial charge in [-0.15, -0.1) is 11.8 Å². The molecule has 0 fully saturated rings. The molecule has 0 saturated heterocycles. The quantitative estimate of drug-likeness (QED) is 0.228. The van der Waals surface area contributed by atoms with Crippen LogP contribution in [0, 0.1) is 0 Å². The number of thioether (sulfide) groups is 2. The number of anilines is 1. The predicted octanol–water partition coefficient (Wildman–Crippen LogP) is 3.05. The summed E-state index contributed by atoms with van der Waals surface area (Å²) in [5.74, 6) is 2.92. The number of ether oxygens (including phenoxy) is 1. The highest BCUT2D eigenvalue weighted by molar-refractivity contribution is 7.99. The van der Waals surface area contributed by atoms with E-state index < -0.39 is 0 Å². The van der Waals surface area contributed by atoms with Gasteiger partial charge in [-0.3, -0.25) is 4.79 Å². The van der Waals surface area contributed by atoms with Crippen molar-refractivity contribution in [2.75, 3.05) is 43.6 Å². The molecule has 2 heterocycles. The lowest BCUT2D eigenvalue weighted by Gasteiger charge is -2.09. The van der Waals surface area contributed by atoms with Crippen molar-refractivity contribution in [1.82, 2.24) is 25.1 Å². The summed E-state index contributed by atoms with van der Waals surface area (Å²) in [4.78, 5) is 21.4. The van der Waals surface area contributed by atoms with Crippen LogP contribution in [0.5, 0.6) is 0 Å². The van der Waals surface area contributed by atoms with Gasteiger partial charge in [-0.1, -0.05) is 49.0 Å². The molecule has 166 valence electrons. The Hall–Kier alpha value is -2.30. The number of aromatic nitrogens is 4. The summed E-state index contributed by atoms with van der Waals surface area (Å²) in [7, 11) is 1.67. The molecule has 0 saturated carbocycles. The van der Waals surface area contributed by atoms with Crippen LogP contribution in [-0.2, 0) is 21.8 Å². The molecule has 0 bridgehead atoms. The maximum atomic E-state index is 12.2. The minimum Gasteiger partial charge on any atom is -0.383 e. The lowest BCUT2D eigenvalue weighted by Crippen LogP contribution is -2.29. The highest BCUT2D eigenvalue weighted by Crippen LogP contribution is 2.24. The van der Waals surface area contributed by atoms with Gasteiger partial charge in [0.25, 0.3) is 0 Å². The number of hydrogen-bond acceptors (Lipinski definition) is 8. The number of hydrogen-bond donors (Lipinski definition) is 2. The summed E-state index contributed by atoms with van der Waals surface area (Å²) in [6, 6.07) is 10.2. The first-order valence-corrected chi connectivity index (χ1v) is 12.3. The van der Waals surface area contributed by atoms with E-state index in [1.54, 1.807) is 36.8 Å². The van der Waals surface area contributed by atoms with Gasteiger partial charge >= 0.3 is 0 Å². The molecule has 0 radical (unpaired) electrons. The monoisotopic (exact) mass is 460 g/mol. The van der Waals surface area contributed by atoms with Gasteiger partial charge in [0.15, 0.2) is 10.8 Å². The summed E-state index contributed by atoms with van der Waals surface area (Å²) < 4.78 is 6.93. The van der Waals surface area contributed by atoms with Crippen molar-refractivity contribution in [3.8, 4) is 0 Å². The van der Waals surface area contributed by atoms with Crippen molar-refractivity contribution in [2.24, 2.45) is 0 Å². The average molecular weight is 461 g/mol. The zero-order valence-electron chi connectivity index (χ0n) is 17.8. The zero-order chi connectivity index (χ0) is 21.9. The fourth-order valence-electron chi connectivity index (χ4n) is 2.89. The first kappa shape index (κ1) is 23.4. The van der Waals surface area contributed by atoms with Crippen LogP contribution in [0.4, 0.5) is 5.82 Å². The molecule has 2 aromatic heterocycles. The van der Waals surface area contributed by atoms with Gasteiger partial charge in [0.2, 0.25) is 5.91 Å². The number of amides is 1. The fraction of sp³-hybridized carbons (Fsp3) is 0.429. The van der Waals surface area contributed by atoms with E-state index in [1.807, 2.05) is 22.9 Å². The molecule has 3 aromatic rings. The first-order valence-electron chi connectivity index (χ1n) is 10.2. The molecule has 0 aliphatic carbocycles. The number of rotatable bonds is 13. The maximum Gasteiger partial charge on any atom is 0.230 e. The Kier molecular flexibility index (Phi) is 9.44. The van der Waals surface area contributed by atoms with Gasteiger partial charge in [-0.05, 0) is 11.3 Å². The van der Waals surface area contributed by atoms with Crippen LogP contribution >= 0.6 is 23.5 Å². The Morgan fingerprint density at radius 1 is 1.19 bits per heavy atom. The number of carbonyl (C=O) groups is 1. The minimum absolute atomic E-state index is 0.0242. The van der Waals surface area contributed by atoms with E-state index in [2.05, 4.69) is 44.8 Å². The Bertz CT molecular complexity index is 967. The van der Waals surface area contributed by atoms with E-state index in [0.717, 1.165) is 28.4 Å². The third-order valence-corrected chi connectivity index (χ3v) is 6.07. The van der Waals surface area contributed by atoms with E-state index in [1.165, 1.54) is 5.56 Å². The third kappa shape index (κ3) is 7.12. The average Bonchev–Trinajstić information content (AvgIpc) is 3.18. The fourth-order valence-corrected chi connectivity index (χ4v) is 4.27. The Labute approximate surface area is 190 Å². The van der Waals surface area contributed by atoms with E-state index >= 15 is 0 Å². The second-order valence-corrected chi connectivity index (χ2v) is 8.86. The Balaban J connectivity index is 1.55. The molecule has 31 heavy (non-hydrogen) atoms. The summed E-state index contributed by atoms with van der Waals surface area (Å²) in [5, 5.41) is 12.3. The number of benzene rings is 1. The predicted molar refractivity (Wildman–Crippen MR) is 128 cm³/mol. The molecular formula is C21H28N6O2S2. The lowest BCUT2D eigenvalue weighted by molar-refractivity contribution is -0.118. The smallest absolute Gasteiger partial charge is 0.230 e. The molecule has 0 aliphatic rings. The summed E-state index contributed by atoms with van der Waals surface area (Å²) >= 11 is 3.19. The number of methoxy groups -OCH3 is 1. The van der Waals surface area contributed by atoms with E-state index in [4.69, 9.17) is 4.74 Å². The molecule has 3 rings (SSSR count). The van der Waals surface area contributed by atoms with Crippen molar-refractivity contribution < 1.29 is 9.53 Å². The topological polar surface area (TPSA) is 94.0 Å². The van der Waals surface area contributed by atoms with Gasteiger partial charge in [-0.25, -0.2) is 14.6 Å². The van der Waals surface area contributed by atoms with Crippen molar-refractivity contribution in [2.45, 2.75) is 24.4 Å². The van der Waals surface area contributed by atoms with Crippen molar-refractivity contribution in [3.63, 3.8) is 0 Å². The van der Waals surface area contributed by atoms with Gasteiger partial charge in [-0.2, -0.15) is 5.10 Å². The largest absolute Gasteiger partial charge is 0.383 e. The van der Waals surface area contributed by atoms with Crippen molar-refractivity contribution >= 4 is 46.3 Å². The molecule has 1 amide bonds. The van der Waals surface area contributed by atoms with E-state index in [0.29, 0.717) is 37.2 Å². The SMILES string of the molecule is CCSc1nc(NCCOC)c2cnn(CCNC(=O)CSCc3ccccc3)c2n1. The van der Waals surface area contributed by atoms with Crippen molar-refractivity contribution in [1.29, 1.82) is 0 Å². The van der Waals surface area contributed by atoms with E-state index in [-0.39, 0.29) is 5.91 Å². The molecule has 2 N–H and O–H groups in total. The molecule has 10 heteroatoms. The van der Waals surface area contributed by atoms with Gasteiger partial charge in [0.1, 0.15) is 5.82 Å². The van der Waals surface area contributed by atoms with Crippen LogP contribution in [0.3, 0.4) is 0 Å². The Morgan fingerprint density at radius 3 is 2.81 bits per heavy atom. The maximum absolute atomic E-state index is 12.2. The Morgan fingerprint density at radius 2 is 2.03 bits per heavy atom. The van der Waals surface area contributed by atoms with Crippen molar-refractivity contribution in [3.05, 3.63) is 42.1 Å². The van der Waals surface area contributed by atoms with Gasteiger partial charge < -0.3 is 15.4 Å². The molecule has 0 unspecified atom stereocenters. The molecule has 0 aliphatic heterocycles. The summed E-state index contributed by atoms with van der Waals surface area (Å²) in [5.41, 5.74) is 1.98. The molecular weight excluding hydrogens is 432 g/mol. The van der Waals surface area contributed by atoms with Crippen LogP contribution in [0.2, 0.25) is 0 Å². The molecule has 8 nitrogen and oxygen atoms in total. The van der Waals surface area contributed by atoms with Crippen LogP contribution in [0.1, 0.15) is 12.5 Å². The highest BCUT2D eigenvalue weighted by atomic mass is 32.2. The number of fused-ring (bicyclic) bond motifs is 1. The molecule has 0 atom stereocenters. The second kappa shape index (κ2) is 12.5. The van der Waals surface area contributed by atoms with E-state index in [9.17, 15) is 4.79 Å². The van der Waals surface area contributed by atoms with Gasteiger partial charge in [0, 0.05) is 26.0 Å². The number of carbonyl (C=O) groups excluding carboxylic acids is 1. The van der Waals surface area contributed by atoms with Crippen LogP contribution in [-0.4, -0.2) is 64.0 Å². The third-order valence-electron chi connectivity index (χ3n) is 4.34. The van der Waals surface area contributed by atoms with Crippen LogP contribution < -0.4 is 10.6 Å². The lowest BCUT2D eigenvalue weighted by atomic mass is 10.2. The first-order chi connectivity index (χ1) is 15.2.